The van der Waals surface area contributed by atoms with Crippen LogP contribution in [0.4, 0.5) is 13.2 Å². The van der Waals surface area contributed by atoms with Crippen LogP contribution >= 0.6 is 0 Å². The maximum absolute atomic E-state index is 12.1. The van der Waals surface area contributed by atoms with Crippen LogP contribution in [0.1, 0.15) is 32.6 Å². The van der Waals surface area contributed by atoms with Crippen LogP contribution in [-0.4, -0.2) is 6.18 Å². The molecular weight excluding hydrogens is 153 g/mol. The molecule has 0 atom stereocenters. The fourth-order valence-electron chi connectivity index (χ4n) is 1.59. The monoisotopic (exact) mass is 166 g/mol. The Labute approximate surface area is 64.8 Å². The number of hydrogen-bond acceptors (Lipinski definition) is 0. The molecule has 0 amide bonds. The van der Waals surface area contributed by atoms with Gasteiger partial charge in [0, 0.05) is 0 Å². The van der Waals surface area contributed by atoms with Gasteiger partial charge in [0.15, 0.2) is 0 Å². The van der Waals surface area contributed by atoms with Crippen molar-refractivity contribution in [2.24, 2.45) is 11.8 Å². The first-order valence-corrected chi connectivity index (χ1v) is 4.07. The van der Waals surface area contributed by atoms with Crippen molar-refractivity contribution in [3.63, 3.8) is 0 Å². The van der Waals surface area contributed by atoms with Crippen molar-refractivity contribution >= 4 is 0 Å². The van der Waals surface area contributed by atoms with Gasteiger partial charge in [-0.2, -0.15) is 13.2 Å². The van der Waals surface area contributed by atoms with E-state index in [1.54, 1.807) is 0 Å². The molecule has 0 unspecified atom stereocenters. The molecule has 0 heterocycles. The molecular formula is C8H13F3. The summed E-state index contributed by atoms with van der Waals surface area (Å²) in [6, 6.07) is 0. The van der Waals surface area contributed by atoms with Crippen molar-refractivity contribution in [3.8, 4) is 0 Å². The van der Waals surface area contributed by atoms with Crippen molar-refractivity contribution < 1.29 is 13.2 Å². The summed E-state index contributed by atoms with van der Waals surface area (Å²) in [7, 11) is 0. The lowest BCUT2D eigenvalue weighted by Gasteiger charge is -2.27. The zero-order valence-electron chi connectivity index (χ0n) is 6.62. The first kappa shape index (κ1) is 8.88. The number of alkyl halides is 3. The molecule has 0 bridgehead atoms. The Morgan fingerprint density at radius 2 is 1.45 bits per heavy atom. The average molecular weight is 166 g/mol. The molecule has 0 nitrogen and oxygen atoms in total. The topological polar surface area (TPSA) is 0 Å². The smallest absolute Gasteiger partial charge is 0.171 e. The fourth-order valence-corrected chi connectivity index (χ4v) is 1.59. The molecule has 0 aromatic carbocycles. The molecule has 0 spiro atoms. The van der Waals surface area contributed by atoms with Gasteiger partial charge in [0.05, 0.1) is 5.92 Å². The Morgan fingerprint density at radius 1 is 1.00 bits per heavy atom. The molecule has 1 rings (SSSR count). The van der Waals surface area contributed by atoms with Gasteiger partial charge in [-0.15, -0.1) is 0 Å². The summed E-state index contributed by atoms with van der Waals surface area (Å²) in [5.74, 6) is -0.521. The zero-order valence-corrected chi connectivity index (χ0v) is 6.62. The van der Waals surface area contributed by atoms with Crippen LogP contribution in [0.2, 0.25) is 0 Å². The van der Waals surface area contributed by atoms with E-state index in [1.807, 2.05) is 6.92 Å². The minimum atomic E-state index is -3.94. The molecule has 0 aromatic heterocycles. The molecule has 0 radical (unpaired) electrons. The van der Waals surface area contributed by atoms with Gasteiger partial charge in [-0.3, -0.25) is 0 Å². The number of halogens is 3. The summed E-state index contributed by atoms with van der Waals surface area (Å²) in [6.45, 7) is 2.02. The summed E-state index contributed by atoms with van der Waals surface area (Å²) < 4.78 is 36.2. The summed E-state index contributed by atoms with van der Waals surface area (Å²) >= 11 is 0. The first-order chi connectivity index (χ1) is 5.00. The molecule has 1 fully saturated rings. The van der Waals surface area contributed by atoms with Gasteiger partial charge in [-0.1, -0.05) is 19.8 Å². The zero-order chi connectivity index (χ0) is 8.48. The molecule has 3 heteroatoms. The second kappa shape index (κ2) is 3.03. The predicted octanol–water partition coefficient (Wildman–Crippen LogP) is 3.38. The Bertz CT molecular complexity index is 120. The molecule has 0 aliphatic heterocycles. The second-order valence-electron chi connectivity index (χ2n) is 3.50. The van der Waals surface area contributed by atoms with E-state index < -0.39 is 12.1 Å². The minimum Gasteiger partial charge on any atom is -0.171 e. The molecule has 1 saturated carbocycles. The van der Waals surface area contributed by atoms with Crippen LogP contribution < -0.4 is 0 Å². The van der Waals surface area contributed by atoms with Gasteiger partial charge >= 0.3 is 6.18 Å². The molecule has 0 N–H and O–H groups in total. The third-order valence-electron chi connectivity index (χ3n) is 2.48. The van der Waals surface area contributed by atoms with E-state index in [4.69, 9.17) is 0 Å². The standard InChI is InChI=1S/C8H13F3/c1-6-2-4-7(5-3-6)8(9,10)11/h6-7H,2-5H2,1H3/t6-,7-. The number of rotatable bonds is 0. The van der Waals surface area contributed by atoms with E-state index in [2.05, 4.69) is 0 Å². The molecule has 1 aliphatic rings. The highest BCUT2D eigenvalue weighted by atomic mass is 19.4. The maximum Gasteiger partial charge on any atom is 0.391 e. The summed E-state index contributed by atoms with van der Waals surface area (Å²) in [5.41, 5.74) is 0. The Hall–Kier alpha value is -0.210. The largest absolute Gasteiger partial charge is 0.391 e. The molecule has 11 heavy (non-hydrogen) atoms. The van der Waals surface area contributed by atoms with Gasteiger partial charge in [-0.25, -0.2) is 0 Å². The van der Waals surface area contributed by atoms with E-state index in [0.717, 1.165) is 12.8 Å². The van der Waals surface area contributed by atoms with Crippen molar-refractivity contribution in [1.82, 2.24) is 0 Å². The van der Waals surface area contributed by atoms with Crippen LogP contribution in [-0.2, 0) is 0 Å². The summed E-state index contributed by atoms with van der Waals surface area (Å²) in [6.07, 6.45) is -1.79. The quantitative estimate of drug-likeness (QED) is 0.517. The molecule has 0 aromatic rings. The SMILES string of the molecule is C[C@H]1CC[C@H](C(F)(F)F)CC1. The average Bonchev–Trinajstić information content (AvgIpc) is 1.86. The Kier molecular flexibility index (Phi) is 2.45. The third kappa shape index (κ3) is 2.38. The van der Waals surface area contributed by atoms with Crippen molar-refractivity contribution in [2.75, 3.05) is 0 Å². The van der Waals surface area contributed by atoms with Gasteiger partial charge < -0.3 is 0 Å². The van der Waals surface area contributed by atoms with Crippen molar-refractivity contribution in [3.05, 3.63) is 0 Å². The first-order valence-electron chi connectivity index (χ1n) is 4.07. The van der Waals surface area contributed by atoms with Crippen LogP contribution in [0.5, 0.6) is 0 Å². The molecule has 66 valence electrons. The fraction of sp³-hybridized carbons (Fsp3) is 1.00. The predicted molar refractivity (Wildman–Crippen MR) is 37.2 cm³/mol. The van der Waals surface area contributed by atoms with Crippen molar-refractivity contribution in [2.45, 2.75) is 38.8 Å². The highest BCUT2D eigenvalue weighted by molar-refractivity contribution is 4.74. The minimum absolute atomic E-state index is 0.338. The molecule has 1 aliphatic carbocycles. The lowest BCUT2D eigenvalue weighted by molar-refractivity contribution is -0.183. The summed E-state index contributed by atoms with van der Waals surface area (Å²) in [4.78, 5) is 0. The lowest BCUT2D eigenvalue weighted by atomic mass is 9.83. The van der Waals surface area contributed by atoms with E-state index in [0.29, 0.717) is 18.8 Å². The van der Waals surface area contributed by atoms with E-state index in [9.17, 15) is 13.2 Å². The van der Waals surface area contributed by atoms with Crippen molar-refractivity contribution in [1.29, 1.82) is 0 Å². The van der Waals surface area contributed by atoms with E-state index in [1.165, 1.54) is 0 Å². The van der Waals surface area contributed by atoms with E-state index >= 15 is 0 Å². The van der Waals surface area contributed by atoms with Crippen LogP contribution in [0, 0.1) is 11.8 Å². The maximum atomic E-state index is 12.1. The highest BCUT2D eigenvalue weighted by Crippen LogP contribution is 2.39. The number of hydrogen-bond donors (Lipinski definition) is 0. The third-order valence-corrected chi connectivity index (χ3v) is 2.48. The van der Waals surface area contributed by atoms with E-state index in [-0.39, 0.29) is 0 Å². The Morgan fingerprint density at radius 3 is 1.82 bits per heavy atom. The second-order valence-corrected chi connectivity index (χ2v) is 3.50. The van der Waals surface area contributed by atoms with Crippen LogP contribution in [0.3, 0.4) is 0 Å². The van der Waals surface area contributed by atoms with Crippen LogP contribution in [0.25, 0.3) is 0 Å². The Balaban J connectivity index is 2.39. The lowest BCUT2D eigenvalue weighted by Crippen LogP contribution is -2.26. The van der Waals surface area contributed by atoms with Gasteiger partial charge in [0.25, 0.3) is 0 Å². The molecule has 0 saturated heterocycles. The van der Waals surface area contributed by atoms with Gasteiger partial charge in [-0.05, 0) is 18.8 Å². The van der Waals surface area contributed by atoms with Crippen LogP contribution in [0.15, 0.2) is 0 Å². The summed E-state index contributed by atoms with van der Waals surface area (Å²) in [5, 5.41) is 0. The normalized spacial score (nSPS) is 33.8. The highest BCUT2D eigenvalue weighted by Gasteiger charge is 2.40. The van der Waals surface area contributed by atoms with Gasteiger partial charge in [0.1, 0.15) is 0 Å². The van der Waals surface area contributed by atoms with Gasteiger partial charge in [0.2, 0.25) is 0 Å².